The fourth-order valence-electron chi connectivity index (χ4n) is 0.439. The Morgan fingerprint density at radius 3 is 2.91 bits per heavy atom. The van der Waals surface area contributed by atoms with Crippen LogP contribution < -0.4 is 5.48 Å². The lowest BCUT2D eigenvalue weighted by atomic mass is 10.1. The number of nitrogens with one attached hydrogen (secondary N) is 1. The highest BCUT2D eigenvalue weighted by Gasteiger charge is 2.10. The standard InChI is InChI=1S/C8H15NO2/c1-4-6-9-11-8(10)7(3)5-2/h4,7,9H,1,5-6H2,2-3H3. The van der Waals surface area contributed by atoms with E-state index in [2.05, 4.69) is 16.9 Å². The van der Waals surface area contributed by atoms with Crippen LogP contribution in [0.15, 0.2) is 12.7 Å². The minimum Gasteiger partial charge on any atom is -0.370 e. The predicted octanol–water partition coefficient (Wildman–Crippen LogP) is 1.27. The smallest absolute Gasteiger partial charge is 0.327 e. The van der Waals surface area contributed by atoms with Gasteiger partial charge in [-0.05, 0) is 6.42 Å². The molecule has 0 aromatic rings. The van der Waals surface area contributed by atoms with E-state index >= 15 is 0 Å². The molecule has 0 aliphatic heterocycles. The molecule has 1 atom stereocenters. The molecule has 0 fully saturated rings. The molecular weight excluding hydrogens is 142 g/mol. The summed E-state index contributed by atoms with van der Waals surface area (Å²) in [5.41, 5.74) is 2.48. The molecule has 0 aliphatic rings. The van der Waals surface area contributed by atoms with Gasteiger partial charge in [-0.1, -0.05) is 19.9 Å². The molecule has 0 bridgehead atoms. The molecule has 0 amide bonds. The third-order valence-electron chi connectivity index (χ3n) is 1.42. The number of hydrogen-bond acceptors (Lipinski definition) is 3. The van der Waals surface area contributed by atoms with Crippen LogP contribution in [0.1, 0.15) is 20.3 Å². The molecule has 0 aliphatic carbocycles. The van der Waals surface area contributed by atoms with Gasteiger partial charge in [0.05, 0.1) is 5.92 Å². The first-order valence-electron chi connectivity index (χ1n) is 3.76. The predicted molar refractivity (Wildman–Crippen MR) is 43.7 cm³/mol. The highest BCUT2D eigenvalue weighted by Crippen LogP contribution is 2.01. The Bertz CT molecular complexity index is 134. The van der Waals surface area contributed by atoms with E-state index in [1.807, 2.05) is 13.8 Å². The lowest BCUT2D eigenvalue weighted by Gasteiger charge is -2.07. The van der Waals surface area contributed by atoms with Crippen LogP contribution in [0.25, 0.3) is 0 Å². The minimum absolute atomic E-state index is 0.0349. The molecular formula is C8H15NO2. The van der Waals surface area contributed by atoms with Gasteiger partial charge >= 0.3 is 5.97 Å². The summed E-state index contributed by atoms with van der Waals surface area (Å²) >= 11 is 0. The topological polar surface area (TPSA) is 38.3 Å². The van der Waals surface area contributed by atoms with Crippen LogP contribution in [-0.2, 0) is 9.63 Å². The van der Waals surface area contributed by atoms with Gasteiger partial charge in [0.25, 0.3) is 0 Å². The highest BCUT2D eigenvalue weighted by molar-refractivity contribution is 5.71. The van der Waals surface area contributed by atoms with Gasteiger partial charge < -0.3 is 4.84 Å². The zero-order chi connectivity index (χ0) is 8.69. The van der Waals surface area contributed by atoms with Crippen LogP contribution in [0.3, 0.4) is 0 Å². The van der Waals surface area contributed by atoms with Gasteiger partial charge in [-0.15, -0.1) is 12.1 Å². The number of hydroxylamine groups is 1. The maximum Gasteiger partial charge on any atom is 0.327 e. The summed E-state index contributed by atoms with van der Waals surface area (Å²) in [5.74, 6) is -0.248. The monoisotopic (exact) mass is 157 g/mol. The van der Waals surface area contributed by atoms with E-state index < -0.39 is 0 Å². The van der Waals surface area contributed by atoms with Crippen molar-refractivity contribution >= 4 is 5.97 Å². The fraction of sp³-hybridized carbons (Fsp3) is 0.625. The quantitative estimate of drug-likeness (QED) is 0.371. The van der Waals surface area contributed by atoms with E-state index in [0.717, 1.165) is 6.42 Å². The molecule has 0 rings (SSSR count). The van der Waals surface area contributed by atoms with Crippen molar-refractivity contribution in [3.63, 3.8) is 0 Å². The summed E-state index contributed by atoms with van der Waals surface area (Å²) in [6.07, 6.45) is 2.43. The summed E-state index contributed by atoms with van der Waals surface area (Å²) in [5, 5.41) is 0. The van der Waals surface area contributed by atoms with Gasteiger partial charge in [0, 0.05) is 6.54 Å². The Hall–Kier alpha value is -0.830. The third-order valence-corrected chi connectivity index (χ3v) is 1.42. The highest BCUT2D eigenvalue weighted by atomic mass is 16.7. The largest absolute Gasteiger partial charge is 0.370 e. The third kappa shape index (κ3) is 4.56. The number of rotatable bonds is 5. The van der Waals surface area contributed by atoms with Crippen molar-refractivity contribution in [3.05, 3.63) is 12.7 Å². The molecule has 0 saturated heterocycles. The summed E-state index contributed by atoms with van der Waals surface area (Å²) in [4.78, 5) is 15.6. The molecule has 11 heavy (non-hydrogen) atoms. The molecule has 0 aromatic carbocycles. The lowest BCUT2D eigenvalue weighted by molar-refractivity contribution is -0.155. The second kappa shape index (κ2) is 5.92. The maximum absolute atomic E-state index is 10.9. The Morgan fingerprint density at radius 1 is 1.82 bits per heavy atom. The van der Waals surface area contributed by atoms with Crippen molar-refractivity contribution in [1.82, 2.24) is 5.48 Å². The Kier molecular flexibility index (Phi) is 5.47. The van der Waals surface area contributed by atoms with Crippen LogP contribution in [-0.4, -0.2) is 12.5 Å². The summed E-state index contributed by atoms with van der Waals surface area (Å²) in [6, 6.07) is 0. The van der Waals surface area contributed by atoms with Gasteiger partial charge in [-0.3, -0.25) is 4.79 Å². The van der Waals surface area contributed by atoms with Crippen LogP contribution in [0, 0.1) is 5.92 Å². The SMILES string of the molecule is C=CCNOC(=O)C(C)CC. The van der Waals surface area contributed by atoms with Crippen molar-refractivity contribution in [2.75, 3.05) is 6.54 Å². The van der Waals surface area contributed by atoms with Crippen molar-refractivity contribution < 1.29 is 9.63 Å². The molecule has 3 nitrogen and oxygen atoms in total. The zero-order valence-electron chi connectivity index (χ0n) is 7.09. The summed E-state index contributed by atoms with van der Waals surface area (Å²) in [6.45, 7) is 7.73. The molecule has 0 aromatic heterocycles. The minimum atomic E-state index is -0.214. The zero-order valence-corrected chi connectivity index (χ0v) is 7.09. The Labute approximate surface area is 67.4 Å². The first kappa shape index (κ1) is 10.2. The molecule has 0 radical (unpaired) electrons. The summed E-state index contributed by atoms with van der Waals surface area (Å²) in [7, 11) is 0. The van der Waals surface area contributed by atoms with E-state index in [1.54, 1.807) is 6.08 Å². The second-order valence-electron chi connectivity index (χ2n) is 2.37. The van der Waals surface area contributed by atoms with E-state index in [4.69, 9.17) is 0 Å². The van der Waals surface area contributed by atoms with Gasteiger partial charge in [-0.2, -0.15) is 0 Å². The molecule has 64 valence electrons. The van der Waals surface area contributed by atoms with Crippen LogP contribution in [0.4, 0.5) is 0 Å². The van der Waals surface area contributed by atoms with E-state index in [9.17, 15) is 4.79 Å². The first-order chi connectivity index (χ1) is 5.22. The second-order valence-corrected chi connectivity index (χ2v) is 2.37. The van der Waals surface area contributed by atoms with Crippen LogP contribution in [0.2, 0.25) is 0 Å². The van der Waals surface area contributed by atoms with Crippen molar-refractivity contribution in [2.24, 2.45) is 5.92 Å². The van der Waals surface area contributed by atoms with Gasteiger partial charge in [0.15, 0.2) is 0 Å². The molecule has 0 spiro atoms. The van der Waals surface area contributed by atoms with E-state index in [-0.39, 0.29) is 11.9 Å². The van der Waals surface area contributed by atoms with Gasteiger partial charge in [-0.25, -0.2) is 0 Å². The molecule has 1 unspecified atom stereocenters. The van der Waals surface area contributed by atoms with Gasteiger partial charge in [0.2, 0.25) is 0 Å². The fourth-order valence-corrected chi connectivity index (χ4v) is 0.439. The Morgan fingerprint density at radius 2 is 2.45 bits per heavy atom. The molecule has 1 N–H and O–H groups in total. The maximum atomic E-state index is 10.9. The van der Waals surface area contributed by atoms with Gasteiger partial charge in [0.1, 0.15) is 0 Å². The van der Waals surface area contributed by atoms with Crippen LogP contribution >= 0.6 is 0 Å². The number of carbonyl (C=O) groups is 1. The normalized spacial score (nSPS) is 12.2. The molecule has 3 heteroatoms. The number of carbonyl (C=O) groups excluding carboxylic acids is 1. The van der Waals surface area contributed by atoms with Crippen molar-refractivity contribution in [3.8, 4) is 0 Å². The van der Waals surface area contributed by atoms with E-state index in [1.165, 1.54) is 0 Å². The molecule has 0 heterocycles. The van der Waals surface area contributed by atoms with Crippen molar-refractivity contribution in [1.29, 1.82) is 0 Å². The average molecular weight is 157 g/mol. The Balaban J connectivity index is 3.43. The van der Waals surface area contributed by atoms with E-state index in [0.29, 0.717) is 6.54 Å². The lowest BCUT2D eigenvalue weighted by Crippen LogP contribution is -2.24. The summed E-state index contributed by atoms with van der Waals surface area (Å²) < 4.78 is 0. The average Bonchev–Trinajstić information content (AvgIpc) is 2.03. The van der Waals surface area contributed by atoms with Crippen molar-refractivity contribution in [2.45, 2.75) is 20.3 Å². The van der Waals surface area contributed by atoms with Crippen LogP contribution in [0.5, 0.6) is 0 Å². The first-order valence-corrected chi connectivity index (χ1v) is 3.76. The number of hydrogen-bond donors (Lipinski definition) is 1. The molecule has 0 saturated carbocycles.